The van der Waals surface area contributed by atoms with Crippen molar-refractivity contribution in [2.45, 2.75) is 6.92 Å². The van der Waals surface area contributed by atoms with Gasteiger partial charge in [0, 0.05) is 5.56 Å². The predicted octanol–water partition coefficient (Wildman–Crippen LogP) is 5.38. The number of methoxy groups -OCH3 is 1. The molecular weight excluding hydrogens is 388 g/mol. The zero-order chi connectivity index (χ0) is 21.6. The smallest absolute Gasteiger partial charge is 0.241 e. The Morgan fingerprint density at radius 2 is 1.55 bits per heavy atom. The Morgan fingerprint density at radius 1 is 0.871 bits per heavy atom. The topological polar surface area (TPSA) is 61.3 Å². The monoisotopic (exact) mass is 410 g/mol. The Morgan fingerprint density at radius 3 is 2.23 bits per heavy atom. The van der Waals surface area contributed by atoms with Gasteiger partial charge in [0.15, 0.2) is 12.4 Å². The molecule has 3 aromatic carbocycles. The molecule has 154 valence electrons. The average molecular weight is 410 g/mol. The number of hydrogen-bond acceptors (Lipinski definition) is 5. The van der Waals surface area contributed by atoms with Crippen LogP contribution in [0.25, 0.3) is 23.2 Å². The lowest BCUT2D eigenvalue weighted by Gasteiger charge is -2.09. The molecule has 0 fully saturated rings. The minimum atomic E-state index is -0.112. The van der Waals surface area contributed by atoms with E-state index in [4.69, 9.17) is 9.47 Å². The molecule has 0 saturated heterocycles. The van der Waals surface area contributed by atoms with E-state index < -0.39 is 0 Å². The van der Waals surface area contributed by atoms with Crippen LogP contribution in [0.4, 0.5) is 0 Å². The van der Waals surface area contributed by atoms with Gasteiger partial charge in [-0.05, 0) is 42.8 Å². The summed E-state index contributed by atoms with van der Waals surface area (Å²) >= 11 is 0. The Kier molecular flexibility index (Phi) is 6.03. The standard InChI is InChI=1S/C26H22N2O3/c1-18-7-12-20(13-8-18)25(29)17-31-26-24(27-22-5-3-4-6-23(22)28-26)16-11-19-9-14-21(30-2)15-10-19/h3-16H,17H2,1-2H3. The molecule has 1 heterocycles. The van der Waals surface area contributed by atoms with Gasteiger partial charge in [0.25, 0.3) is 0 Å². The number of aryl methyl sites for hydroxylation is 1. The summed E-state index contributed by atoms with van der Waals surface area (Å²) in [4.78, 5) is 21.8. The van der Waals surface area contributed by atoms with E-state index in [9.17, 15) is 4.79 Å². The minimum absolute atomic E-state index is 0.111. The molecule has 0 aliphatic carbocycles. The Labute approximate surface area is 181 Å². The molecule has 0 aliphatic heterocycles. The van der Waals surface area contributed by atoms with Gasteiger partial charge in [-0.2, -0.15) is 0 Å². The third-order valence-electron chi connectivity index (χ3n) is 4.83. The maximum absolute atomic E-state index is 12.5. The largest absolute Gasteiger partial charge is 0.497 e. The molecule has 0 unspecified atom stereocenters. The van der Waals surface area contributed by atoms with E-state index >= 15 is 0 Å². The number of rotatable bonds is 7. The third kappa shape index (κ3) is 4.95. The molecule has 5 heteroatoms. The molecule has 0 atom stereocenters. The summed E-state index contributed by atoms with van der Waals surface area (Å²) in [6.45, 7) is 1.87. The Balaban J connectivity index is 1.60. The van der Waals surface area contributed by atoms with Crippen molar-refractivity contribution in [1.29, 1.82) is 0 Å². The summed E-state index contributed by atoms with van der Waals surface area (Å²) in [6, 6.07) is 22.7. The molecule has 0 radical (unpaired) electrons. The van der Waals surface area contributed by atoms with Crippen molar-refractivity contribution in [3.63, 3.8) is 0 Å². The first-order valence-electron chi connectivity index (χ1n) is 9.94. The summed E-state index contributed by atoms with van der Waals surface area (Å²) in [5.41, 5.74) is 4.72. The number of ketones is 1. The Hall–Kier alpha value is -3.99. The minimum Gasteiger partial charge on any atom is -0.497 e. The van der Waals surface area contributed by atoms with Gasteiger partial charge in [-0.1, -0.05) is 60.2 Å². The van der Waals surface area contributed by atoms with E-state index in [2.05, 4.69) is 9.97 Å². The average Bonchev–Trinajstić information content (AvgIpc) is 2.81. The second-order valence-electron chi connectivity index (χ2n) is 7.09. The van der Waals surface area contributed by atoms with Crippen LogP contribution in [0.5, 0.6) is 11.6 Å². The van der Waals surface area contributed by atoms with E-state index in [1.165, 1.54) is 0 Å². The molecular formula is C26H22N2O3. The van der Waals surface area contributed by atoms with Crippen molar-refractivity contribution >= 4 is 29.0 Å². The van der Waals surface area contributed by atoms with Crippen LogP contribution in [0.3, 0.4) is 0 Å². The maximum Gasteiger partial charge on any atom is 0.241 e. The van der Waals surface area contributed by atoms with E-state index in [-0.39, 0.29) is 12.4 Å². The molecule has 0 aliphatic rings. The van der Waals surface area contributed by atoms with Crippen LogP contribution in [-0.2, 0) is 0 Å². The molecule has 0 spiro atoms. The number of nitrogens with zero attached hydrogens (tertiary/aromatic N) is 2. The number of fused-ring (bicyclic) bond motifs is 1. The van der Waals surface area contributed by atoms with E-state index in [0.29, 0.717) is 22.7 Å². The van der Waals surface area contributed by atoms with Gasteiger partial charge >= 0.3 is 0 Å². The molecule has 0 saturated carbocycles. The zero-order valence-corrected chi connectivity index (χ0v) is 17.4. The maximum atomic E-state index is 12.5. The number of carbonyl (C=O) groups is 1. The van der Waals surface area contributed by atoms with E-state index in [1.807, 2.05) is 79.7 Å². The summed E-state index contributed by atoms with van der Waals surface area (Å²) < 4.78 is 11.0. The lowest BCUT2D eigenvalue weighted by atomic mass is 10.1. The number of ether oxygens (including phenoxy) is 2. The second kappa shape index (κ2) is 9.22. The number of hydrogen-bond donors (Lipinski definition) is 0. The van der Waals surface area contributed by atoms with Crippen LogP contribution in [0.1, 0.15) is 27.2 Å². The SMILES string of the molecule is COc1ccc(C=Cc2nc3ccccc3nc2OCC(=O)c2ccc(C)cc2)cc1. The molecule has 0 bridgehead atoms. The summed E-state index contributed by atoms with van der Waals surface area (Å²) in [5, 5.41) is 0. The lowest BCUT2D eigenvalue weighted by Crippen LogP contribution is -2.13. The highest BCUT2D eigenvalue weighted by Crippen LogP contribution is 2.22. The predicted molar refractivity (Wildman–Crippen MR) is 122 cm³/mol. The highest BCUT2D eigenvalue weighted by Gasteiger charge is 2.12. The van der Waals surface area contributed by atoms with Gasteiger partial charge < -0.3 is 9.47 Å². The fraction of sp³-hybridized carbons (Fsp3) is 0.115. The highest BCUT2D eigenvalue weighted by atomic mass is 16.5. The fourth-order valence-corrected chi connectivity index (χ4v) is 3.06. The van der Waals surface area contributed by atoms with Crippen molar-refractivity contribution < 1.29 is 14.3 Å². The lowest BCUT2D eigenvalue weighted by molar-refractivity contribution is 0.0918. The first-order valence-corrected chi connectivity index (χ1v) is 9.94. The van der Waals surface area contributed by atoms with Crippen LogP contribution in [0, 0.1) is 6.92 Å². The summed E-state index contributed by atoms with van der Waals surface area (Å²) in [6.07, 6.45) is 3.76. The number of para-hydroxylation sites is 2. The molecule has 0 N–H and O–H groups in total. The van der Waals surface area contributed by atoms with E-state index in [1.54, 1.807) is 19.2 Å². The highest BCUT2D eigenvalue weighted by molar-refractivity contribution is 5.97. The van der Waals surface area contributed by atoms with Crippen molar-refractivity contribution in [3.8, 4) is 11.6 Å². The van der Waals surface area contributed by atoms with Crippen LogP contribution < -0.4 is 9.47 Å². The first kappa shape index (κ1) is 20.3. The molecule has 4 aromatic rings. The van der Waals surface area contributed by atoms with Gasteiger partial charge in [-0.15, -0.1) is 0 Å². The molecule has 0 amide bonds. The normalized spacial score (nSPS) is 11.0. The van der Waals surface area contributed by atoms with Crippen LogP contribution in [0.15, 0.2) is 72.8 Å². The third-order valence-corrected chi connectivity index (χ3v) is 4.83. The van der Waals surface area contributed by atoms with Gasteiger partial charge in [0.1, 0.15) is 11.4 Å². The quantitative estimate of drug-likeness (QED) is 0.383. The summed E-state index contributed by atoms with van der Waals surface area (Å²) in [5.74, 6) is 1.00. The number of aromatic nitrogens is 2. The number of carbonyl (C=O) groups excluding carboxylic acids is 1. The van der Waals surface area contributed by atoms with Crippen LogP contribution in [-0.4, -0.2) is 29.5 Å². The van der Waals surface area contributed by atoms with Gasteiger partial charge in [-0.25, -0.2) is 9.97 Å². The van der Waals surface area contributed by atoms with Gasteiger partial charge in [-0.3, -0.25) is 4.79 Å². The molecule has 4 rings (SSSR count). The molecule has 1 aromatic heterocycles. The zero-order valence-electron chi connectivity index (χ0n) is 17.4. The van der Waals surface area contributed by atoms with E-state index in [0.717, 1.165) is 22.4 Å². The number of Topliss-reactive ketones (excluding diaryl/α,β-unsaturated/α-hetero) is 1. The van der Waals surface area contributed by atoms with Crippen molar-refractivity contribution in [2.75, 3.05) is 13.7 Å². The van der Waals surface area contributed by atoms with Crippen LogP contribution >= 0.6 is 0 Å². The second-order valence-corrected chi connectivity index (χ2v) is 7.09. The van der Waals surface area contributed by atoms with Crippen LogP contribution in [0.2, 0.25) is 0 Å². The summed E-state index contributed by atoms with van der Waals surface area (Å²) in [7, 11) is 1.64. The van der Waals surface area contributed by atoms with Gasteiger partial charge in [0.05, 0.1) is 18.1 Å². The Bertz CT molecular complexity index is 1230. The van der Waals surface area contributed by atoms with Crippen molar-refractivity contribution in [3.05, 3.63) is 95.2 Å². The molecule has 31 heavy (non-hydrogen) atoms. The fourth-order valence-electron chi connectivity index (χ4n) is 3.06. The first-order chi connectivity index (χ1) is 15.1. The van der Waals surface area contributed by atoms with Crippen molar-refractivity contribution in [1.82, 2.24) is 9.97 Å². The van der Waals surface area contributed by atoms with Crippen molar-refractivity contribution in [2.24, 2.45) is 0 Å². The molecule has 5 nitrogen and oxygen atoms in total. The number of benzene rings is 3. The van der Waals surface area contributed by atoms with Gasteiger partial charge in [0.2, 0.25) is 5.88 Å².